The summed E-state index contributed by atoms with van der Waals surface area (Å²) in [5, 5.41) is 3.27. The number of hydrogen-bond acceptors (Lipinski definition) is 4. The molecule has 2 aromatic rings. The molecule has 0 aliphatic carbocycles. The highest BCUT2D eigenvalue weighted by Crippen LogP contribution is 2.13. The average molecular weight is 296 g/mol. The van der Waals surface area contributed by atoms with Crippen molar-refractivity contribution in [2.45, 2.75) is 13.2 Å². The minimum atomic E-state index is 0.597. The monoisotopic (exact) mass is 296 g/mol. The molecule has 4 nitrogen and oxygen atoms in total. The molecule has 2 aromatic carbocycles. The van der Waals surface area contributed by atoms with E-state index in [2.05, 4.69) is 34.6 Å². The molecule has 1 aliphatic heterocycles. The van der Waals surface area contributed by atoms with Gasteiger partial charge in [0.2, 0.25) is 0 Å². The van der Waals surface area contributed by atoms with Crippen molar-refractivity contribution in [2.75, 3.05) is 20.2 Å². The molecule has 0 spiro atoms. The lowest BCUT2D eigenvalue weighted by Gasteiger charge is -2.07. The van der Waals surface area contributed by atoms with E-state index in [1.807, 2.05) is 24.3 Å². The Kier molecular flexibility index (Phi) is 4.71. The molecule has 0 radical (unpaired) electrons. The predicted octanol–water partition coefficient (Wildman–Crippen LogP) is 2.76. The number of hydrogen-bond donors (Lipinski definition) is 1. The van der Waals surface area contributed by atoms with Crippen LogP contribution in [0.1, 0.15) is 16.7 Å². The van der Waals surface area contributed by atoms with E-state index in [0.717, 1.165) is 41.4 Å². The van der Waals surface area contributed by atoms with Gasteiger partial charge >= 0.3 is 0 Å². The summed E-state index contributed by atoms with van der Waals surface area (Å²) in [6.07, 6.45) is 0. The number of aliphatic imine (C=N–C) groups is 1. The lowest BCUT2D eigenvalue weighted by Crippen LogP contribution is -2.19. The average Bonchev–Trinajstić information content (AvgIpc) is 3.11. The third-order valence-electron chi connectivity index (χ3n) is 3.60. The molecular weight excluding hydrogens is 276 g/mol. The van der Waals surface area contributed by atoms with E-state index in [0.29, 0.717) is 13.2 Å². The Labute approximate surface area is 130 Å². The van der Waals surface area contributed by atoms with Crippen LogP contribution in [-0.4, -0.2) is 26.0 Å². The molecule has 0 amide bonds. The van der Waals surface area contributed by atoms with E-state index in [1.54, 1.807) is 7.11 Å². The first-order valence-corrected chi connectivity index (χ1v) is 7.43. The first-order valence-electron chi connectivity index (χ1n) is 7.43. The molecule has 0 aromatic heterocycles. The van der Waals surface area contributed by atoms with Gasteiger partial charge in [-0.25, -0.2) is 0 Å². The van der Waals surface area contributed by atoms with Crippen LogP contribution in [0.15, 0.2) is 53.5 Å². The van der Waals surface area contributed by atoms with E-state index >= 15 is 0 Å². The summed E-state index contributed by atoms with van der Waals surface area (Å²) < 4.78 is 10.9. The molecule has 3 rings (SSSR count). The standard InChI is InChI=1S/C18H20N2O2/c1-21-17-8-4-15(5-9-17)13-22-12-14-2-6-16(7-3-14)18-19-10-11-20-18/h2-9H,10-13H2,1H3,(H,19,20). The van der Waals surface area contributed by atoms with Gasteiger partial charge in [0.1, 0.15) is 11.6 Å². The van der Waals surface area contributed by atoms with Gasteiger partial charge in [-0.05, 0) is 23.3 Å². The van der Waals surface area contributed by atoms with Crippen LogP contribution in [0.4, 0.5) is 0 Å². The number of nitrogens with zero attached hydrogens (tertiary/aromatic N) is 1. The van der Waals surface area contributed by atoms with Crippen molar-refractivity contribution < 1.29 is 9.47 Å². The second-order valence-corrected chi connectivity index (χ2v) is 5.19. The highest BCUT2D eigenvalue weighted by molar-refractivity contribution is 5.99. The lowest BCUT2D eigenvalue weighted by atomic mass is 10.1. The zero-order chi connectivity index (χ0) is 15.2. The van der Waals surface area contributed by atoms with Crippen LogP contribution >= 0.6 is 0 Å². The van der Waals surface area contributed by atoms with Gasteiger partial charge in [0.25, 0.3) is 0 Å². The highest BCUT2D eigenvalue weighted by Gasteiger charge is 2.07. The summed E-state index contributed by atoms with van der Waals surface area (Å²) in [6.45, 7) is 3.00. The van der Waals surface area contributed by atoms with Crippen LogP contribution < -0.4 is 10.1 Å². The van der Waals surface area contributed by atoms with Crippen molar-refractivity contribution in [3.63, 3.8) is 0 Å². The maximum Gasteiger partial charge on any atom is 0.128 e. The normalized spacial score (nSPS) is 13.6. The van der Waals surface area contributed by atoms with Crippen LogP contribution in [0.5, 0.6) is 5.75 Å². The zero-order valence-corrected chi connectivity index (χ0v) is 12.7. The Hall–Kier alpha value is -2.33. The van der Waals surface area contributed by atoms with Crippen molar-refractivity contribution in [1.29, 1.82) is 0 Å². The number of benzene rings is 2. The maximum atomic E-state index is 5.76. The second kappa shape index (κ2) is 7.09. The number of rotatable bonds is 6. The van der Waals surface area contributed by atoms with E-state index in [1.165, 1.54) is 0 Å². The SMILES string of the molecule is COc1ccc(COCc2ccc(C3=NCCN3)cc2)cc1. The van der Waals surface area contributed by atoms with Gasteiger partial charge in [-0.2, -0.15) is 0 Å². The minimum absolute atomic E-state index is 0.597. The Morgan fingerprint density at radius 1 is 0.955 bits per heavy atom. The van der Waals surface area contributed by atoms with Crippen molar-refractivity contribution in [3.8, 4) is 5.75 Å². The first kappa shape index (κ1) is 14.6. The first-order chi connectivity index (χ1) is 10.8. The molecule has 0 saturated heterocycles. The van der Waals surface area contributed by atoms with Crippen LogP contribution in [0.2, 0.25) is 0 Å². The summed E-state index contributed by atoms with van der Waals surface area (Å²) in [4.78, 5) is 4.42. The van der Waals surface area contributed by atoms with Gasteiger partial charge in [0.15, 0.2) is 0 Å². The summed E-state index contributed by atoms with van der Waals surface area (Å²) in [5.74, 6) is 1.86. The molecular formula is C18H20N2O2. The molecule has 0 unspecified atom stereocenters. The Bertz CT molecular complexity index is 633. The third kappa shape index (κ3) is 3.65. The molecule has 0 atom stereocenters. The summed E-state index contributed by atoms with van der Waals surface area (Å²) in [7, 11) is 1.67. The van der Waals surface area contributed by atoms with Crippen LogP contribution in [0.3, 0.4) is 0 Å². The fourth-order valence-electron chi connectivity index (χ4n) is 2.36. The summed E-state index contributed by atoms with van der Waals surface area (Å²) in [5.41, 5.74) is 3.44. The van der Waals surface area contributed by atoms with Gasteiger partial charge in [0.05, 0.1) is 26.9 Å². The molecule has 0 fully saturated rings. The number of nitrogens with one attached hydrogen (secondary N) is 1. The van der Waals surface area contributed by atoms with Crippen molar-refractivity contribution in [1.82, 2.24) is 5.32 Å². The third-order valence-corrected chi connectivity index (χ3v) is 3.60. The Morgan fingerprint density at radius 2 is 1.59 bits per heavy atom. The molecule has 114 valence electrons. The van der Waals surface area contributed by atoms with Gasteiger partial charge in [0, 0.05) is 12.1 Å². The van der Waals surface area contributed by atoms with Crippen LogP contribution in [0.25, 0.3) is 0 Å². The molecule has 4 heteroatoms. The zero-order valence-electron chi connectivity index (χ0n) is 12.7. The van der Waals surface area contributed by atoms with Crippen molar-refractivity contribution >= 4 is 5.84 Å². The number of methoxy groups -OCH3 is 1. The second-order valence-electron chi connectivity index (χ2n) is 5.19. The minimum Gasteiger partial charge on any atom is -0.497 e. The predicted molar refractivity (Wildman–Crippen MR) is 87.3 cm³/mol. The largest absolute Gasteiger partial charge is 0.497 e. The van der Waals surface area contributed by atoms with E-state index < -0.39 is 0 Å². The number of ether oxygens (including phenoxy) is 2. The summed E-state index contributed by atoms with van der Waals surface area (Å²) in [6, 6.07) is 16.3. The Balaban J connectivity index is 1.50. The highest BCUT2D eigenvalue weighted by atomic mass is 16.5. The van der Waals surface area contributed by atoms with E-state index in [-0.39, 0.29) is 0 Å². The van der Waals surface area contributed by atoms with E-state index in [9.17, 15) is 0 Å². The fourth-order valence-corrected chi connectivity index (χ4v) is 2.36. The maximum absolute atomic E-state index is 5.76. The summed E-state index contributed by atoms with van der Waals surface area (Å²) >= 11 is 0. The van der Waals surface area contributed by atoms with Crippen molar-refractivity contribution in [2.24, 2.45) is 4.99 Å². The smallest absolute Gasteiger partial charge is 0.128 e. The fraction of sp³-hybridized carbons (Fsp3) is 0.278. The molecule has 0 saturated carbocycles. The van der Waals surface area contributed by atoms with Gasteiger partial charge in [-0.1, -0.05) is 36.4 Å². The van der Waals surface area contributed by atoms with E-state index in [4.69, 9.17) is 9.47 Å². The lowest BCUT2D eigenvalue weighted by molar-refractivity contribution is 0.107. The molecule has 0 bridgehead atoms. The van der Waals surface area contributed by atoms with Gasteiger partial charge < -0.3 is 14.8 Å². The van der Waals surface area contributed by atoms with Crippen LogP contribution in [-0.2, 0) is 18.0 Å². The molecule has 1 heterocycles. The quantitative estimate of drug-likeness (QED) is 0.891. The topological polar surface area (TPSA) is 42.9 Å². The Morgan fingerprint density at radius 3 is 2.14 bits per heavy atom. The molecule has 1 N–H and O–H groups in total. The van der Waals surface area contributed by atoms with Gasteiger partial charge in [-0.3, -0.25) is 4.99 Å². The van der Waals surface area contributed by atoms with Gasteiger partial charge in [-0.15, -0.1) is 0 Å². The van der Waals surface area contributed by atoms with Crippen molar-refractivity contribution in [3.05, 3.63) is 65.2 Å². The van der Waals surface area contributed by atoms with Crippen LogP contribution in [0, 0.1) is 0 Å². The number of amidine groups is 1. The molecule has 22 heavy (non-hydrogen) atoms. The molecule has 1 aliphatic rings.